The Hall–Kier alpha value is -1.18. The first kappa shape index (κ1) is 16.2. The molecule has 0 fully saturated rings. The highest BCUT2D eigenvalue weighted by Crippen LogP contribution is 2.19. The second kappa shape index (κ2) is 7.20. The predicted molar refractivity (Wildman–Crippen MR) is 97.7 cm³/mol. The summed E-state index contributed by atoms with van der Waals surface area (Å²) in [4.78, 5) is 12.4. The molecule has 0 aromatic heterocycles. The zero-order chi connectivity index (χ0) is 15.4. The molecular formula is C15H12ClIN2OS. The van der Waals surface area contributed by atoms with Crippen LogP contribution in [0.25, 0.3) is 0 Å². The van der Waals surface area contributed by atoms with Crippen LogP contribution in [0.5, 0.6) is 0 Å². The number of benzene rings is 2. The van der Waals surface area contributed by atoms with E-state index in [4.69, 9.17) is 29.6 Å². The highest BCUT2D eigenvalue weighted by Gasteiger charge is 2.07. The van der Waals surface area contributed by atoms with Crippen molar-refractivity contribution in [3.05, 3.63) is 67.7 Å². The number of hydrogen-bond donors (Lipinski definition) is 2. The molecule has 0 bridgehead atoms. The predicted octanol–water partition coefficient (Wildman–Crippen LogP) is 3.51. The second-order valence-corrected chi connectivity index (χ2v) is 6.38. The van der Waals surface area contributed by atoms with E-state index in [-0.39, 0.29) is 5.91 Å². The molecule has 0 radical (unpaired) electrons. The van der Waals surface area contributed by atoms with Gasteiger partial charge in [0.25, 0.3) is 5.91 Å². The molecule has 0 saturated heterocycles. The first-order valence-electron chi connectivity index (χ1n) is 6.09. The Labute approximate surface area is 147 Å². The molecule has 3 nitrogen and oxygen atoms in total. The second-order valence-electron chi connectivity index (χ2n) is 4.37. The van der Waals surface area contributed by atoms with Crippen LogP contribution in [0.2, 0.25) is 5.02 Å². The average Bonchev–Trinajstić information content (AvgIpc) is 2.48. The molecule has 1 amide bonds. The first-order valence-corrected chi connectivity index (χ1v) is 7.96. The minimum atomic E-state index is -0.160. The summed E-state index contributed by atoms with van der Waals surface area (Å²) in [7, 11) is 0. The molecule has 6 heteroatoms. The Morgan fingerprint density at radius 1 is 1.19 bits per heavy atom. The molecule has 2 rings (SSSR count). The molecule has 0 heterocycles. The van der Waals surface area contributed by atoms with Crippen LogP contribution in [0, 0.1) is 3.57 Å². The lowest BCUT2D eigenvalue weighted by Crippen LogP contribution is -2.22. The Morgan fingerprint density at radius 3 is 2.38 bits per heavy atom. The van der Waals surface area contributed by atoms with Crippen LogP contribution in [0.3, 0.4) is 0 Å². The molecule has 0 aliphatic heterocycles. The lowest BCUT2D eigenvalue weighted by molar-refractivity contribution is 0.0951. The van der Waals surface area contributed by atoms with E-state index in [1.807, 2.05) is 30.3 Å². The fraction of sp³-hybridized carbons (Fsp3) is 0.0667. The maximum atomic E-state index is 12.0. The van der Waals surface area contributed by atoms with Crippen molar-refractivity contribution >= 4 is 57.3 Å². The zero-order valence-electron chi connectivity index (χ0n) is 10.9. The number of amides is 1. The number of rotatable bonds is 4. The van der Waals surface area contributed by atoms with Gasteiger partial charge in [0.1, 0.15) is 4.99 Å². The van der Waals surface area contributed by atoms with Crippen molar-refractivity contribution in [2.45, 2.75) is 6.54 Å². The van der Waals surface area contributed by atoms with E-state index in [1.165, 1.54) is 0 Å². The Balaban J connectivity index is 2.00. The molecular weight excluding hydrogens is 419 g/mol. The SMILES string of the molecule is NC(=S)c1ccc(CNC(=O)c2ccc(I)c(Cl)c2)cc1. The fourth-order valence-electron chi connectivity index (χ4n) is 1.71. The molecule has 0 aliphatic carbocycles. The molecule has 2 aromatic rings. The van der Waals surface area contributed by atoms with Crippen LogP contribution in [0.15, 0.2) is 42.5 Å². The topological polar surface area (TPSA) is 55.1 Å². The van der Waals surface area contributed by atoms with E-state index in [0.29, 0.717) is 22.1 Å². The van der Waals surface area contributed by atoms with Crippen molar-refractivity contribution in [2.24, 2.45) is 5.73 Å². The largest absolute Gasteiger partial charge is 0.389 e. The monoisotopic (exact) mass is 430 g/mol. The third-order valence-corrected chi connectivity index (χ3v) is 4.68. The fourth-order valence-corrected chi connectivity index (χ4v) is 2.36. The van der Waals surface area contributed by atoms with E-state index < -0.39 is 0 Å². The summed E-state index contributed by atoms with van der Waals surface area (Å²) in [6.45, 7) is 0.431. The van der Waals surface area contributed by atoms with Gasteiger partial charge in [-0.15, -0.1) is 0 Å². The van der Waals surface area contributed by atoms with Gasteiger partial charge in [-0.1, -0.05) is 48.1 Å². The molecule has 0 spiro atoms. The first-order chi connectivity index (χ1) is 9.97. The Kier molecular flexibility index (Phi) is 5.55. The van der Waals surface area contributed by atoms with Crippen molar-refractivity contribution in [1.82, 2.24) is 5.32 Å². The number of nitrogens with one attached hydrogen (secondary N) is 1. The van der Waals surface area contributed by atoms with E-state index in [0.717, 1.165) is 14.7 Å². The van der Waals surface area contributed by atoms with E-state index >= 15 is 0 Å². The van der Waals surface area contributed by atoms with Gasteiger partial charge in [-0.2, -0.15) is 0 Å². The molecule has 0 saturated carbocycles. The van der Waals surface area contributed by atoms with E-state index in [2.05, 4.69) is 27.9 Å². The summed E-state index contributed by atoms with van der Waals surface area (Å²) in [6, 6.07) is 12.7. The summed E-state index contributed by atoms with van der Waals surface area (Å²) in [5, 5.41) is 3.42. The lowest BCUT2D eigenvalue weighted by atomic mass is 10.1. The van der Waals surface area contributed by atoms with Gasteiger partial charge >= 0.3 is 0 Å². The molecule has 0 unspecified atom stereocenters. The van der Waals surface area contributed by atoms with Crippen LogP contribution >= 0.6 is 46.4 Å². The summed E-state index contributed by atoms with van der Waals surface area (Å²) in [6.07, 6.45) is 0. The minimum absolute atomic E-state index is 0.160. The van der Waals surface area contributed by atoms with E-state index in [1.54, 1.807) is 12.1 Å². The van der Waals surface area contributed by atoms with Crippen molar-refractivity contribution in [2.75, 3.05) is 0 Å². The third kappa shape index (κ3) is 4.39. The van der Waals surface area contributed by atoms with Gasteiger partial charge in [-0.25, -0.2) is 0 Å². The van der Waals surface area contributed by atoms with Crippen molar-refractivity contribution in [3.63, 3.8) is 0 Å². The van der Waals surface area contributed by atoms with Gasteiger partial charge in [0.2, 0.25) is 0 Å². The summed E-state index contributed by atoms with van der Waals surface area (Å²) in [5.74, 6) is -0.160. The standard InChI is InChI=1S/C15H12ClIN2OS/c16-12-7-11(5-6-13(12)17)15(20)19-8-9-1-3-10(4-2-9)14(18)21/h1-7H,8H2,(H2,18,21)(H,19,20). The number of carbonyl (C=O) groups excluding carboxylic acids is 1. The number of carbonyl (C=O) groups is 1. The number of thiocarbonyl (C=S) groups is 1. The molecule has 0 aliphatic rings. The van der Waals surface area contributed by atoms with Crippen LogP contribution in [-0.4, -0.2) is 10.9 Å². The molecule has 108 valence electrons. The number of nitrogens with two attached hydrogens (primary N) is 1. The summed E-state index contributed by atoms with van der Waals surface area (Å²) >= 11 is 13.0. The molecule has 21 heavy (non-hydrogen) atoms. The lowest BCUT2D eigenvalue weighted by Gasteiger charge is -2.07. The normalized spacial score (nSPS) is 10.2. The highest BCUT2D eigenvalue weighted by atomic mass is 127. The van der Waals surface area contributed by atoms with Crippen LogP contribution in [-0.2, 0) is 6.54 Å². The van der Waals surface area contributed by atoms with Crippen molar-refractivity contribution in [3.8, 4) is 0 Å². The zero-order valence-corrected chi connectivity index (χ0v) is 14.6. The summed E-state index contributed by atoms with van der Waals surface area (Å²) in [5.41, 5.74) is 7.86. The van der Waals surface area contributed by atoms with Gasteiger partial charge < -0.3 is 11.1 Å². The third-order valence-electron chi connectivity index (χ3n) is 2.87. The van der Waals surface area contributed by atoms with Crippen LogP contribution < -0.4 is 11.1 Å². The summed E-state index contributed by atoms with van der Waals surface area (Å²) < 4.78 is 0.916. The van der Waals surface area contributed by atoms with Gasteiger partial charge in [0.05, 0.1) is 5.02 Å². The number of halogens is 2. The quantitative estimate of drug-likeness (QED) is 0.576. The van der Waals surface area contributed by atoms with Gasteiger partial charge in [0, 0.05) is 21.2 Å². The molecule has 3 N–H and O–H groups in total. The minimum Gasteiger partial charge on any atom is -0.389 e. The maximum Gasteiger partial charge on any atom is 0.251 e. The van der Waals surface area contributed by atoms with Gasteiger partial charge in [-0.05, 0) is 46.4 Å². The van der Waals surface area contributed by atoms with Crippen molar-refractivity contribution < 1.29 is 4.79 Å². The van der Waals surface area contributed by atoms with E-state index in [9.17, 15) is 4.79 Å². The Bertz CT molecular complexity index is 689. The smallest absolute Gasteiger partial charge is 0.251 e. The van der Waals surface area contributed by atoms with Gasteiger partial charge in [-0.3, -0.25) is 4.79 Å². The van der Waals surface area contributed by atoms with Crippen LogP contribution in [0.1, 0.15) is 21.5 Å². The maximum absolute atomic E-state index is 12.0. The Morgan fingerprint density at radius 2 is 1.81 bits per heavy atom. The van der Waals surface area contributed by atoms with Gasteiger partial charge in [0.15, 0.2) is 0 Å². The highest BCUT2D eigenvalue weighted by molar-refractivity contribution is 14.1. The van der Waals surface area contributed by atoms with Crippen LogP contribution in [0.4, 0.5) is 0 Å². The average molecular weight is 431 g/mol. The molecule has 2 aromatic carbocycles. The van der Waals surface area contributed by atoms with Crippen molar-refractivity contribution in [1.29, 1.82) is 0 Å². The number of hydrogen-bond acceptors (Lipinski definition) is 2. The molecule has 0 atom stereocenters.